The van der Waals surface area contributed by atoms with Crippen LogP contribution < -0.4 is 0 Å². The largest absolute Gasteiger partial charge is 0.298 e. The molecule has 0 amide bonds. The molecule has 0 aliphatic carbocycles. The van der Waals surface area contributed by atoms with Crippen molar-refractivity contribution in [1.29, 1.82) is 0 Å². The predicted octanol–water partition coefficient (Wildman–Crippen LogP) is 3.40. The maximum atomic E-state index is 10.7. The van der Waals surface area contributed by atoms with Crippen LogP contribution in [0, 0.1) is 3.57 Å². The fourth-order valence-electron chi connectivity index (χ4n) is 1.10. The normalized spacial score (nSPS) is 11.4. The average Bonchev–Trinajstić information content (AvgIpc) is 2.03. The molecule has 13 heavy (non-hydrogen) atoms. The third-order valence-corrected chi connectivity index (χ3v) is 2.97. The maximum absolute atomic E-state index is 10.7. The van der Waals surface area contributed by atoms with Crippen molar-refractivity contribution in [1.82, 2.24) is 0 Å². The summed E-state index contributed by atoms with van der Waals surface area (Å²) in [7, 11) is 0. The molecular formula is C11H13IO. The molecule has 0 saturated carbocycles. The lowest BCUT2D eigenvalue weighted by molar-refractivity contribution is 0.112. The van der Waals surface area contributed by atoms with E-state index in [0.717, 1.165) is 15.4 Å². The van der Waals surface area contributed by atoms with E-state index in [2.05, 4.69) is 49.4 Å². The fourth-order valence-corrected chi connectivity index (χ4v) is 1.56. The Bertz CT molecular complexity index is 323. The van der Waals surface area contributed by atoms with E-state index in [9.17, 15) is 4.79 Å². The SMILES string of the molecule is CC(C)(C)c1ccc(I)c(C=O)c1. The number of hydrogen-bond acceptors (Lipinski definition) is 1. The lowest BCUT2D eigenvalue weighted by Gasteiger charge is -2.19. The number of hydrogen-bond donors (Lipinski definition) is 0. The summed E-state index contributed by atoms with van der Waals surface area (Å²) < 4.78 is 1.01. The van der Waals surface area contributed by atoms with E-state index in [4.69, 9.17) is 0 Å². The molecule has 1 aromatic carbocycles. The highest BCUT2D eigenvalue weighted by atomic mass is 127. The number of carbonyl (C=O) groups is 1. The minimum atomic E-state index is 0.113. The zero-order valence-corrected chi connectivity index (χ0v) is 10.3. The summed E-state index contributed by atoms with van der Waals surface area (Å²) >= 11 is 2.17. The van der Waals surface area contributed by atoms with Crippen LogP contribution in [0.4, 0.5) is 0 Å². The number of aldehydes is 1. The van der Waals surface area contributed by atoms with E-state index in [1.807, 2.05) is 12.1 Å². The van der Waals surface area contributed by atoms with Gasteiger partial charge in [0.2, 0.25) is 0 Å². The van der Waals surface area contributed by atoms with Gasteiger partial charge in [0.05, 0.1) is 0 Å². The van der Waals surface area contributed by atoms with Gasteiger partial charge in [-0.1, -0.05) is 26.8 Å². The van der Waals surface area contributed by atoms with E-state index in [1.165, 1.54) is 5.56 Å². The smallest absolute Gasteiger partial charge is 0.151 e. The molecule has 0 saturated heterocycles. The molecule has 0 fully saturated rings. The molecule has 0 bridgehead atoms. The Hall–Kier alpha value is -0.380. The summed E-state index contributed by atoms with van der Waals surface area (Å²) in [5, 5.41) is 0. The first-order valence-electron chi connectivity index (χ1n) is 4.20. The van der Waals surface area contributed by atoms with Gasteiger partial charge in [-0.2, -0.15) is 0 Å². The Morgan fingerprint density at radius 1 is 1.31 bits per heavy atom. The minimum Gasteiger partial charge on any atom is -0.298 e. The summed E-state index contributed by atoms with van der Waals surface area (Å²) in [4.78, 5) is 10.7. The molecule has 2 heteroatoms. The van der Waals surface area contributed by atoms with Crippen molar-refractivity contribution in [3.63, 3.8) is 0 Å². The summed E-state index contributed by atoms with van der Waals surface area (Å²) in [6.45, 7) is 6.43. The standard InChI is InChI=1S/C11H13IO/c1-11(2,3)9-4-5-10(12)8(6-9)7-13/h4-7H,1-3H3. The molecule has 1 rings (SSSR count). The van der Waals surface area contributed by atoms with Crippen LogP contribution in [0.1, 0.15) is 36.7 Å². The topological polar surface area (TPSA) is 17.1 Å². The predicted molar refractivity (Wildman–Crippen MR) is 63.2 cm³/mol. The second-order valence-corrected chi connectivity index (χ2v) is 5.27. The zero-order valence-electron chi connectivity index (χ0n) is 8.10. The molecular weight excluding hydrogens is 275 g/mol. The number of carbonyl (C=O) groups excluding carboxylic acids is 1. The Labute approximate surface area is 92.7 Å². The van der Waals surface area contributed by atoms with Crippen LogP contribution in [-0.4, -0.2) is 6.29 Å². The molecule has 0 spiro atoms. The molecule has 1 nitrogen and oxygen atoms in total. The van der Waals surface area contributed by atoms with Gasteiger partial charge < -0.3 is 0 Å². The van der Waals surface area contributed by atoms with E-state index >= 15 is 0 Å². The van der Waals surface area contributed by atoms with Gasteiger partial charge in [0, 0.05) is 9.13 Å². The van der Waals surface area contributed by atoms with Gasteiger partial charge in [-0.3, -0.25) is 4.79 Å². The highest BCUT2D eigenvalue weighted by molar-refractivity contribution is 14.1. The molecule has 0 aliphatic rings. The Kier molecular flexibility index (Phi) is 3.11. The fraction of sp³-hybridized carbons (Fsp3) is 0.364. The first kappa shape index (κ1) is 10.7. The van der Waals surface area contributed by atoms with Gasteiger partial charge in [-0.25, -0.2) is 0 Å². The van der Waals surface area contributed by atoms with Crippen LogP contribution in [0.3, 0.4) is 0 Å². The molecule has 0 aliphatic heterocycles. The third kappa shape index (κ3) is 2.53. The van der Waals surface area contributed by atoms with Gasteiger partial charge in [-0.15, -0.1) is 0 Å². The highest BCUT2D eigenvalue weighted by Gasteiger charge is 2.14. The summed E-state index contributed by atoms with van der Waals surface area (Å²) in [5.74, 6) is 0. The molecule has 1 aromatic rings. The zero-order chi connectivity index (χ0) is 10.1. The first-order valence-corrected chi connectivity index (χ1v) is 5.28. The lowest BCUT2D eigenvalue weighted by Crippen LogP contribution is -2.11. The lowest BCUT2D eigenvalue weighted by atomic mass is 9.86. The average molecular weight is 288 g/mol. The van der Waals surface area contributed by atoms with Crippen LogP contribution in [0.25, 0.3) is 0 Å². The molecule has 0 unspecified atom stereocenters. The van der Waals surface area contributed by atoms with Crippen molar-refractivity contribution in [3.05, 3.63) is 32.9 Å². The monoisotopic (exact) mass is 288 g/mol. The Balaban J connectivity index is 3.21. The third-order valence-electron chi connectivity index (χ3n) is 1.99. The Morgan fingerprint density at radius 2 is 1.92 bits per heavy atom. The number of halogens is 1. The van der Waals surface area contributed by atoms with E-state index < -0.39 is 0 Å². The second kappa shape index (κ2) is 3.78. The highest BCUT2D eigenvalue weighted by Crippen LogP contribution is 2.24. The number of benzene rings is 1. The van der Waals surface area contributed by atoms with Crippen molar-refractivity contribution in [2.45, 2.75) is 26.2 Å². The molecule has 0 aromatic heterocycles. The van der Waals surface area contributed by atoms with Crippen LogP contribution in [-0.2, 0) is 5.41 Å². The molecule has 0 heterocycles. The van der Waals surface area contributed by atoms with Gasteiger partial charge in [0.1, 0.15) is 0 Å². The van der Waals surface area contributed by atoms with Gasteiger partial charge in [-0.05, 0) is 45.7 Å². The van der Waals surface area contributed by atoms with Crippen LogP contribution in [0.2, 0.25) is 0 Å². The second-order valence-electron chi connectivity index (χ2n) is 4.10. The molecule has 0 atom stereocenters. The number of rotatable bonds is 1. The summed E-state index contributed by atoms with van der Waals surface area (Å²) in [5.41, 5.74) is 2.10. The quantitative estimate of drug-likeness (QED) is 0.572. The van der Waals surface area contributed by atoms with Gasteiger partial charge in [0.25, 0.3) is 0 Å². The van der Waals surface area contributed by atoms with E-state index in [-0.39, 0.29) is 5.41 Å². The van der Waals surface area contributed by atoms with Crippen LogP contribution in [0.15, 0.2) is 18.2 Å². The maximum Gasteiger partial charge on any atom is 0.151 e. The van der Waals surface area contributed by atoms with Crippen LogP contribution >= 0.6 is 22.6 Å². The summed E-state index contributed by atoms with van der Waals surface area (Å²) in [6, 6.07) is 6.04. The van der Waals surface area contributed by atoms with Crippen molar-refractivity contribution in [2.24, 2.45) is 0 Å². The first-order chi connectivity index (χ1) is 5.95. The molecule has 0 N–H and O–H groups in total. The van der Waals surface area contributed by atoms with Gasteiger partial charge in [0.15, 0.2) is 6.29 Å². The minimum absolute atomic E-state index is 0.113. The van der Waals surface area contributed by atoms with Crippen molar-refractivity contribution >= 4 is 28.9 Å². The van der Waals surface area contributed by atoms with Gasteiger partial charge >= 0.3 is 0 Å². The van der Waals surface area contributed by atoms with Crippen molar-refractivity contribution in [2.75, 3.05) is 0 Å². The summed E-state index contributed by atoms with van der Waals surface area (Å²) in [6.07, 6.45) is 0.914. The van der Waals surface area contributed by atoms with E-state index in [0.29, 0.717) is 0 Å². The molecule has 70 valence electrons. The van der Waals surface area contributed by atoms with E-state index in [1.54, 1.807) is 0 Å². The van der Waals surface area contributed by atoms with Crippen molar-refractivity contribution in [3.8, 4) is 0 Å². The van der Waals surface area contributed by atoms with Crippen LogP contribution in [0.5, 0.6) is 0 Å². The Morgan fingerprint density at radius 3 is 2.38 bits per heavy atom. The van der Waals surface area contributed by atoms with Crippen molar-refractivity contribution < 1.29 is 4.79 Å². The molecule has 0 radical (unpaired) electrons.